The minimum absolute atomic E-state index is 0.112. The van der Waals surface area contributed by atoms with E-state index in [4.69, 9.17) is 0 Å². The number of hydrogen-bond acceptors (Lipinski definition) is 1. The number of carbonyl (C=O) groups is 1. The molecule has 0 aliphatic heterocycles. The summed E-state index contributed by atoms with van der Waals surface area (Å²) in [5.41, 5.74) is 3.31. The molecule has 84 valence electrons. The van der Waals surface area contributed by atoms with Gasteiger partial charge in [-0.1, -0.05) is 6.07 Å². The highest BCUT2D eigenvalue weighted by atomic mass is 19.1. The van der Waals surface area contributed by atoms with Gasteiger partial charge in [-0.3, -0.25) is 4.79 Å². The molecule has 0 aromatic heterocycles. The number of rotatable bonds is 1. The second-order valence-electron chi connectivity index (χ2n) is 4.43. The van der Waals surface area contributed by atoms with Crippen molar-refractivity contribution >= 4 is 11.4 Å². The summed E-state index contributed by atoms with van der Waals surface area (Å²) in [6.45, 7) is 3.77. The molecule has 16 heavy (non-hydrogen) atoms. The Morgan fingerprint density at radius 2 is 1.94 bits per heavy atom. The fraction of sp³-hybridized carbons (Fsp3) is 0.357. The van der Waals surface area contributed by atoms with Crippen molar-refractivity contribution in [1.82, 2.24) is 0 Å². The van der Waals surface area contributed by atoms with Crippen molar-refractivity contribution in [1.29, 1.82) is 0 Å². The van der Waals surface area contributed by atoms with E-state index < -0.39 is 0 Å². The van der Waals surface area contributed by atoms with Gasteiger partial charge in [0.15, 0.2) is 5.78 Å². The van der Waals surface area contributed by atoms with Gasteiger partial charge in [-0.25, -0.2) is 4.39 Å². The van der Waals surface area contributed by atoms with Crippen LogP contribution in [0, 0.1) is 19.7 Å². The Bertz CT molecular complexity index is 449. The average molecular weight is 218 g/mol. The SMILES string of the molecule is Cc1cc(C)c(C2=CC(=O)CCC2)c(F)c1. The van der Waals surface area contributed by atoms with Crippen LogP contribution in [0.1, 0.15) is 36.0 Å². The van der Waals surface area contributed by atoms with Crippen molar-refractivity contribution in [2.75, 3.05) is 0 Å². The van der Waals surface area contributed by atoms with Crippen molar-refractivity contribution in [2.24, 2.45) is 0 Å². The standard InChI is InChI=1S/C14H15FO/c1-9-6-10(2)14(13(15)7-9)11-4-3-5-12(16)8-11/h6-8H,3-5H2,1-2H3. The molecule has 1 aliphatic carbocycles. The quantitative estimate of drug-likeness (QED) is 0.704. The highest BCUT2D eigenvalue weighted by Gasteiger charge is 2.16. The van der Waals surface area contributed by atoms with Crippen LogP contribution < -0.4 is 0 Å². The lowest BCUT2D eigenvalue weighted by Crippen LogP contribution is -2.05. The Morgan fingerprint density at radius 1 is 1.19 bits per heavy atom. The minimum Gasteiger partial charge on any atom is -0.295 e. The maximum atomic E-state index is 13.9. The van der Waals surface area contributed by atoms with Crippen LogP contribution in [-0.2, 0) is 4.79 Å². The van der Waals surface area contributed by atoms with Crippen LogP contribution in [0.5, 0.6) is 0 Å². The third-order valence-corrected chi connectivity index (χ3v) is 2.96. The molecule has 0 radical (unpaired) electrons. The van der Waals surface area contributed by atoms with Crippen molar-refractivity contribution in [2.45, 2.75) is 33.1 Å². The Labute approximate surface area is 95.0 Å². The van der Waals surface area contributed by atoms with Gasteiger partial charge < -0.3 is 0 Å². The van der Waals surface area contributed by atoms with Crippen molar-refractivity contribution < 1.29 is 9.18 Å². The van der Waals surface area contributed by atoms with Crippen LogP contribution in [-0.4, -0.2) is 5.78 Å². The molecule has 2 rings (SSSR count). The summed E-state index contributed by atoms with van der Waals surface area (Å²) in [6, 6.07) is 3.49. The molecule has 0 amide bonds. The van der Waals surface area contributed by atoms with Gasteiger partial charge in [0.2, 0.25) is 0 Å². The van der Waals surface area contributed by atoms with Crippen LogP contribution in [0.2, 0.25) is 0 Å². The van der Waals surface area contributed by atoms with Crippen molar-refractivity contribution in [3.8, 4) is 0 Å². The molecule has 2 heteroatoms. The van der Waals surface area contributed by atoms with E-state index in [-0.39, 0.29) is 11.6 Å². The van der Waals surface area contributed by atoms with Gasteiger partial charge >= 0.3 is 0 Å². The number of benzene rings is 1. The maximum Gasteiger partial charge on any atom is 0.155 e. The molecule has 0 heterocycles. The van der Waals surface area contributed by atoms with Gasteiger partial charge in [0.05, 0.1) is 0 Å². The summed E-state index contributed by atoms with van der Waals surface area (Å²) in [5.74, 6) is -0.0981. The maximum absolute atomic E-state index is 13.9. The molecule has 1 aromatic rings. The lowest BCUT2D eigenvalue weighted by atomic mass is 9.89. The van der Waals surface area contributed by atoms with Crippen molar-refractivity contribution in [3.63, 3.8) is 0 Å². The summed E-state index contributed by atoms with van der Waals surface area (Å²) in [4.78, 5) is 11.3. The summed E-state index contributed by atoms with van der Waals surface area (Å²) >= 11 is 0. The van der Waals surface area contributed by atoms with Gasteiger partial charge in [0.25, 0.3) is 0 Å². The van der Waals surface area contributed by atoms with Crippen LogP contribution in [0.3, 0.4) is 0 Å². The number of ketones is 1. The monoisotopic (exact) mass is 218 g/mol. The van der Waals surface area contributed by atoms with Crippen LogP contribution in [0.25, 0.3) is 5.57 Å². The zero-order valence-electron chi connectivity index (χ0n) is 9.64. The zero-order chi connectivity index (χ0) is 11.7. The predicted octanol–water partition coefficient (Wildman–Crippen LogP) is 3.58. The van der Waals surface area contributed by atoms with E-state index in [0.29, 0.717) is 12.0 Å². The first-order valence-corrected chi connectivity index (χ1v) is 5.58. The van der Waals surface area contributed by atoms with Crippen LogP contribution in [0.15, 0.2) is 18.2 Å². The molecule has 0 saturated carbocycles. The van der Waals surface area contributed by atoms with Gasteiger partial charge in [-0.2, -0.15) is 0 Å². The van der Waals surface area contributed by atoms with Crippen LogP contribution in [0.4, 0.5) is 4.39 Å². The smallest absolute Gasteiger partial charge is 0.155 e. The average Bonchev–Trinajstić information content (AvgIpc) is 2.15. The Balaban J connectivity index is 2.52. The third kappa shape index (κ3) is 2.06. The minimum atomic E-state index is -0.210. The number of carbonyl (C=O) groups excluding carboxylic acids is 1. The predicted molar refractivity (Wildman–Crippen MR) is 62.7 cm³/mol. The Morgan fingerprint density at radius 3 is 2.56 bits per heavy atom. The molecular weight excluding hydrogens is 203 g/mol. The highest BCUT2D eigenvalue weighted by Crippen LogP contribution is 2.30. The molecule has 0 spiro atoms. The molecule has 0 saturated heterocycles. The molecule has 1 nitrogen and oxygen atoms in total. The molecular formula is C14H15FO. The topological polar surface area (TPSA) is 17.1 Å². The normalized spacial score (nSPS) is 16.2. The molecule has 0 unspecified atom stereocenters. The van der Waals surface area contributed by atoms with E-state index >= 15 is 0 Å². The van der Waals surface area contributed by atoms with E-state index in [1.807, 2.05) is 19.9 Å². The first-order valence-electron chi connectivity index (χ1n) is 5.58. The summed E-state index contributed by atoms with van der Waals surface area (Å²) in [7, 11) is 0. The van der Waals surface area contributed by atoms with E-state index in [9.17, 15) is 9.18 Å². The van der Waals surface area contributed by atoms with Gasteiger partial charge in [0.1, 0.15) is 5.82 Å². The van der Waals surface area contributed by atoms with Gasteiger partial charge in [-0.15, -0.1) is 0 Å². The van der Waals surface area contributed by atoms with E-state index in [1.165, 1.54) is 6.07 Å². The van der Waals surface area contributed by atoms with E-state index in [0.717, 1.165) is 29.5 Å². The molecule has 0 N–H and O–H groups in total. The highest BCUT2D eigenvalue weighted by molar-refractivity contribution is 5.98. The molecule has 1 aliphatic rings. The zero-order valence-corrected chi connectivity index (χ0v) is 9.64. The summed E-state index contributed by atoms with van der Waals surface area (Å²) < 4.78 is 13.9. The molecule has 0 bridgehead atoms. The largest absolute Gasteiger partial charge is 0.295 e. The summed E-state index contributed by atoms with van der Waals surface area (Å²) in [5, 5.41) is 0. The Kier molecular flexibility index (Phi) is 2.90. The summed E-state index contributed by atoms with van der Waals surface area (Å²) in [6.07, 6.45) is 3.82. The lowest BCUT2D eigenvalue weighted by Gasteiger charge is -2.15. The fourth-order valence-electron chi connectivity index (χ4n) is 2.31. The third-order valence-electron chi connectivity index (χ3n) is 2.96. The molecule has 0 atom stereocenters. The Hall–Kier alpha value is -1.44. The molecule has 0 fully saturated rings. The van der Waals surface area contributed by atoms with Crippen LogP contribution >= 0.6 is 0 Å². The van der Waals surface area contributed by atoms with Crippen molar-refractivity contribution in [3.05, 3.63) is 40.7 Å². The second-order valence-corrected chi connectivity index (χ2v) is 4.43. The van der Waals surface area contributed by atoms with Gasteiger partial charge in [0, 0.05) is 12.0 Å². The van der Waals surface area contributed by atoms with E-state index in [2.05, 4.69) is 0 Å². The first kappa shape index (κ1) is 11.1. The number of aryl methyl sites for hydroxylation is 2. The second kappa shape index (κ2) is 4.20. The number of allylic oxidation sites excluding steroid dienone is 2. The van der Waals surface area contributed by atoms with E-state index in [1.54, 1.807) is 6.08 Å². The van der Waals surface area contributed by atoms with Gasteiger partial charge in [-0.05, 0) is 55.5 Å². The number of halogens is 1. The molecule has 1 aromatic carbocycles. The lowest BCUT2D eigenvalue weighted by molar-refractivity contribution is -0.114. The fourth-order valence-corrected chi connectivity index (χ4v) is 2.31. The first-order chi connectivity index (χ1) is 7.58. The number of hydrogen-bond donors (Lipinski definition) is 0.